The molecule has 2 aliphatic heterocycles. The van der Waals surface area contributed by atoms with Crippen LogP contribution in [0.2, 0.25) is 0 Å². The third-order valence-corrected chi connectivity index (χ3v) is 4.91. The summed E-state index contributed by atoms with van der Waals surface area (Å²) in [6.07, 6.45) is 6.26. The second-order valence-corrected chi connectivity index (χ2v) is 6.53. The van der Waals surface area contributed by atoms with E-state index in [2.05, 4.69) is 24.2 Å². The fraction of sp³-hybridized carbons (Fsp3) is 0.444. The molecule has 0 bridgehead atoms. The Bertz CT molecular complexity index is 818. The van der Waals surface area contributed by atoms with Crippen molar-refractivity contribution < 1.29 is 14.6 Å². The highest BCUT2D eigenvalue weighted by Crippen LogP contribution is 2.31. The maximum atomic E-state index is 11.2. The SMILES string of the molecule is Cc1cc2cnn(C3CCCCO3)c2cc1C1=CCN(C(=O)O)C1. The van der Waals surface area contributed by atoms with Crippen LogP contribution >= 0.6 is 0 Å². The summed E-state index contributed by atoms with van der Waals surface area (Å²) in [5.74, 6) is 0. The topological polar surface area (TPSA) is 67.6 Å². The Morgan fingerprint density at radius 1 is 1.38 bits per heavy atom. The Balaban J connectivity index is 1.71. The highest BCUT2D eigenvalue weighted by Gasteiger charge is 2.23. The van der Waals surface area contributed by atoms with Crippen molar-refractivity contribution in [2.75, 3.05) is 19.7 Å². The van der Waals surface area contributed by atoms with E-state index in [1.54, 1.807) is 0 Å². The molecule has 4 rings (SSSR count). The van der Waals surface area contributed by atoms with Crippen LogP contribution in [0.3, 0.4) is 0 Å². The van der Waals surface area contributed by atoms with Crippen molar-refractivity contribution in [2.24, 2.45) is 0 Å². The maximum absolute atomic E-state index is 11.2. The molecule has 6 heteroatoms. The molecule has 0 saturated carbocycles. The molecule has 1 fully saturated rings. The molecule has 126 valence electrons. The second-order valence-electron chi connectivity index (χ2n) is 6.53. The van der Waals surface area contributed by atoms with Gasteiger partial charge < -0.3 is 14.7 Å². The number of hydrogen-bond acceptors (Lipinski definition) is 3. The summed E-state index contributed by atoms with van der Waals surface area (Å²) < 4.78 is 7.85. The lowest BCUT2D eigenvalue weighted by molar-refractivity contribution is -0.0366. The lowest BCUT2D eigenvalue weighted by atomic mass is 9.99. The predicted molar refractivity (Wildman–Crippen MR) is 90.9 cm³/mol. The lowest BCUT2D eigenvalue weighted by Crippen LogP contribution is -2.26. The summed E-state index contributed by atoms with van der Waals surface area (Å²) in [4.78, 5) is 12.6. The molecule has 0 radical (unpaired) electrons. The predicted octanol–water partition coefficient (Wildman–Crippen LogP) is 3.42. The Hall–Kier alpha value is -2.34. The molecule has 2 aliphatic rings. The Morgan fingerprint density at radius 3 is 2.96 bits per heavy atom. The zero-order valence-electron chi connectivity index (χ0n) is 13.7. The van der Waals surface area contributed by atoms with Crippen LogP contribution < -0.4 is 0 Å². The van der Waals surface area contributed by atoms with Gasteiger partial charge in [-0.25, -0.2) is 9.48 Å². The Kier molecular flexibility index (Phi) is 3.76. The molecule has 1 unspecified atom stereocenters. The second kappa shape index (κ2) is 5.94. The number of amides is 1. The average molecular weight is 327 g/mol. The molecule has 3 heterocycles. The van der Waals surface area contributed by atoms with Crippen LogP contribution in [0.1, 0.15) is 36.6 Å². The molecule has 1 aromatic heterocycles. The van der Waals surface area contributed by atoms with Crippen LogP contribution in [-0.2, 0) is 4.74 Å². The molecular formula is C18H21N3O3. The van der Waals surface area contributed by atoms with E-state index in [4.69, 9.17) is 9.84 Å². The number of aryl methyl sites for hydroxylation is 1. The van der Waals surface area contributed by atoms with E-state index >= 15 is 0 Å². The number of carbonyl (C=O) groups is 1. The number of rotatable bonds is 2. The summed E-state index contributed by atoms with van der Waals surface area (Å²) >= 11 is 0. The molecule has 6 nitrogen and oxygen atoms in total. The summed E-state index contributed by atoms with van der Waals surface area (Å²) in [7, 11) is 0. The quantitative estimate of drug-likeness (QED) is 0.918. The van der Waals surface area contributed by atoms with E-state index in [0.717, 1.165) is 53.5 Å². The van der Waals surface area contributed by atoms with E-state index in [1.165, 1.54) is 4.90 Å². The van der Waals surface area contributed by atoms with Gasteiger partial charge in [-0.2, -0.15) is 5.10 Å². The van der Waals surface area contributed by atoms with Crippen molar-refractivity contribution in [1.29, 1.82) is 0 Å². The molecule has 1 aromatic carbocycles. The number of aromatic nitrogens is 2. The van der Waals surface area contributed by atoms with Gasteiger partial charge in [0, 0.05) is 25.1 Å². The lowest BCUT2D eigenvalue weighted by Gasteiger charge is -2.23. The minimum atomic E-state index is -0.874. The van der Waals surface area contributed by atoms with Gasteiger partial charge in [-0.1, -0.05) is 6.08 Å². The number of nitrogens with zero attached hydrogens (tertiary/aromatic N) is 3. The molecule has 1 amide bonds. The fourth-order valence-corrected chi connectivity index (χ4v) is 3.60. The van der Waals surface area contributed by atoms with Gasteiger partial charge in [-0.3, -0.25) is 0 Å². The molecule has 1 saturated heterocycles. The van der Waals surface area contributed by atoms with Crippen molar-refractivity contribution in [1.82, 2.24) is 14.7 Å². The standard InChI is InChI=1S/C18H21N3O3/c1-12-8-14-10-19-21(17-4-2-3-7-24-17)16(14)9-15(12)13-5-6-20(11-13)18(22)23/h5,8-10,17H,2-4,6-7,11H2,1H3,(H,22,23). The van der Waals surface area contributed by atoms with Gasteiger partial charge in [0.1, 0.15) is 0 Å². The molecule has 0 aliphatic carbocycles. The minimum absolute atomic E-state index is 0.000109. The van der Waals surface area contributed by atoms with Gasteiger partial charge in [0.15, 0.2) is 6.23 Å². The third-order valence-electron chi connectivity index (χ3n) is 4.91. The van der Waals surface area contributed by atoms with Crippen LogP contribution in [-0.4, -0.2) is 45.6 Å². The van der Waals surface area contributed by atoms with E-state index in [9.17, 15) is 4.79 Å². The van der Waals surface area contributed by atoms with E-state index < -0.39 is 6.09 Å². The smallest absolute Gasteiger partial charge is 0.407 e. The maximum Gasteiger partial charge on any atom is 0.407 e. The monoisotopic (exact) mass is 327 g/mol. The third kappa shape index (κ3) is 2.57. The number of benzene rings is 1. The van der Waals surface area contributed by atoms with E-state index in [-0.39, 0.29) is 6.23 Å². The van der Waals surface area contributed by atoms with E-state index in [0.29, 0.717) is 13.1 Å². The van der Waals surface area contributed by atoms with Crippen LogP contribution in [0.5, 0.6) is 0 Å². The van der Waals surface area contributed by atoms with Gasteiger partial charge >= 0.3 is 6.09 Å². The van der Waals surface area contributed by atoms with Crippen molar-refractivity contribution in [3.8, 4) is 0 Å². The molecule has 1 atom stereocenters. The highest BCUT2D eigenvalue weighted by molar-refractivity contribution is 5.87. The minimum Gasteiger partial charge on any atom is -0.465 e. The van der Waals surface area contributed by atoms with Crippen LogP contribution in [0.15, 0.2) is 24.4 Å². The van der Waals surface area contributed by atoms with E-state index in [1.807, 2.05) is 17.0 Å². The molecule has 1 N–H and O–H groups in total. The first kappa shape index (κ1) is 15.2. The van der Waals surface area contributed by atoms with Crippen molar-refractivity contribution in [2.45, 2.75) is 32.4 Å². The van der Waals surface area contributed by atoms with Gasteiger partial charge in [-0.05, 0) is 55.0 Å². The zero-order chi connectivity index (χ0) is 16.7. The van der Waals surface area contributed by atoms with Crippen LogP contribution in [0, 0.1) is 6.92 Å². The normalized spacial score (nSPS) is 21.3. The first-order valence-electron chi connectivity index (χ1n) is 8.40. The number of ether oxygens (including phenoxy) is 1. The van der Waals surface area contributed by atoms with Gasteiger partial charge in [0.25, 0.3) is 0 Å². The van der Waals surface area contributed by atoms with Gasteiger partial charge in [0.05, 0.1) is 11.7 Å². The summed E-state index contributed by atoms with van der Waals surface area (Å²) in [5.41, 5.74) is 4.36. The van der Waals surface area contributed by atoms with Crippen LogP contribution in [0.4, 0.5) is 4.79 Å². The van der Waals surface area contributed by atoms with Crippen molar-refractivity contribution in [3.63, 3.8) is 0 Å². The Morgan fingerprint density at radius 2 is 2.25 bits per heavy atom. The van der Waals surface area contributed by atoms with Crippen LogP contribution in [0.25, 0.3) is 16.5 Å². The first-order valence-corrected chi connectivity index (χ1v) is 8.40. The van der Waals surface area contributed by atoms with Gasteiger partial charge in [-0.15, -0.1) is 0 Å². The van der Waals surface area contributed by atoms with Gasteiger partial charge in [0.2, 0.25) is 0 Å². The summed E-state index contributed by atoms with van der Waals surface area (Å²) in [6.45, 7) is 3.74. The summed E-state index contributed by atoms with van der Waals surface area (Å²) in [5, 5.41) is 14.8. The number of fused-ring (bicyclic) bond motifs is 1. The average Bonchev–Trinajstić information content (AvgIpc) is 3.21. The molecule has 2 aromatic rings. The largest absolute Gasteiger partial charge is 0.465 e. The number of carboxylic acid groups (broad SMARTS) is 1. The number of hydrogen-bond donors (Lipinski definition) is 1. The molecular weight excluding hydrogens is 306 g/mol. The van der Waals surface area contributed by atoms with Crippen molar-refractivity contribution >= 4 is 22.6 Å². The zero-order valence-corrected chi connectivity index (χ0v) is 13.7. The molecule has 24 heavy (non-hydrogen) atoms. The Labute approximate surface area is 140 Å². The van der Waals surface area contributed by atoms with Crippen molar-refractivity contribution in [3.05, 3.63) is 35.5 Å². The fourth-order valence-electron chi connectivity index (χ4n) is 3.60. The first-order chi connectivity index (χ1) is 11.6. The molecule has 0 spiro atoms. The highest BCUT2D eigenvalue weighted by atomic mass is 16.5. The summed E-state index contributed by atoms with van der Waals surface area (Å²) in [6, 6.07) is 4.26.